The first-order valence-corrected chi connectivity index (χ1v) is 5.69. The summed E-state index contributed by atoms with van der Waals surface area (Å²) in [6, 6.07) is 3.81. The van der Waals surface area contributed by atoms with E-state index in [9.17, 15) is 4.79 Å². The lowest BCUT2D eigenvalue weighted by Crippen LogP contribution is -2.10. The highest BCUT2D eigenvalue weighted by atomic mass is 16.5. The van der Waals surface area contributed by atoms with Crippen LogP contribution in [-0.4, -0.2) is 22.8 Å². The maximum atomic E-state index is 11.9. The molecule has 1 heterocycles. The lowest BCUT2D eigenvalue weighted by molar-refractivity contribution is 0.0461. The van der Waals surface area contributed by atoms with E-state index in [1.165, 1.54) is 0 Å². The number of hydrogen-bond donors (Lipinski definition) is 1. The van der Waals surface area contributed by atoms with Gasteiger partial charge in [-0.15, -0.1) is 0 Å². The van der Waals surface area contributed by atoms with Crippen molar-refractivity contribution in [1.82, 2.24) is 10.2 Å². The number of ether oxygens (including phenoxy) is 1. The number of rotatable bonds is 3. The molecule has 0 fully saturated rings. The Morgan fingerprint density at radius 1 is 1.47 bits per heavy atom. The molecule has 2 aromatic rings. The van der Waals surface area contributed by atoms with Crippen molar-refractivity contribution in [2.75, 3.05) is 6.61 Å². The number of fused-ring (bicyclic) bond motifs is 1. The van der Waals surface area contributed by atoms with Gasteiger partial charge in [0, 0.05) is 5.39 Å². The first-order chi connectivity index (χ1) is 8.08. The molecule has 0 atom stereocenters. The van der Waals surface area contributed by atoms with Gasteiger partial charge in [0.15, 0.2) is 0 Å². The van der Waals surface area contributed by atoms with Crippen LogP contribution in [0.4, 0.5) is 0 Å². The zero-order chi connectivity index (χ0) is 12.4. The zero-order valence-corrected chi connectivity index (χ0v) is 10.3. The quantitative estimate of drug-likeness (QED) is 0.828. The third kappa shape index (κ3) is 2.46. The molecule has 1 N–H and O–H groups in total. The van der Waals surface area contributed by atoms with E-state index in [1.807, 2.05) is 32.9 Å². The SMILES string of the molecule is Cc1cc(C(=O)OCC(C)C)c2[nH]ncc2c1. The number of carbonyl (C=O) groups is 1. The van der Waals surface area contributed by atoms with Crippen LogP contribution in [0.5, 0.6) is 0 Å². The largest absolute Gasteiger partial charge is 0.462 e. The molecule has 0 unspecified atom stereocenters. The summed E-state index contributed by atoms with van der Waals surface area (Å²) in [6.45, 7) is 6.40. The van der Waals surface area contributed by atoms with Crippen molar-refractivity contribution >= 4 is 16.9 Å². The highest BCUT2D eigenvalue weighted by Crippen LogP contribution is 2.19. The molecule has 0 aliphatic rings. The number of hydrogen-bond acceptors (Lipinski definition) is 3. The maximum absolute atomic E-state index is 11.9. The second-order valence-corrected chi connectivity index (χ2v) is 4.64. The first-order valence-electron chi connectivity index (χ1n) is 5.69. The minimum Gasteiger partial charge on any atom is -0.462 e. The minimum absolute atomic E-state index is 0.295. The Morgan fingerprint density at radius 3 is 2.94 bits per heavy atom. The van der Waals surface area contributed by atoms with E-state index < -0.39 is 0 Å². The summed E-state index contributed by atoms with van der Waals surface area (Å²) in [5, 5.41) is 7.71. The Balaban J connectivity index is 2.33. The van der Waals surface area contributed by atoms with Gasteiger partial charge < -0.3 is 4.74 Å². The number of aryl methyl sites for hydroxylation is 1. The summed E-state index contributed by atoms with van der Waals surface area (Å²) in [5.74, 6) is 0.0395. The fraction of sp³-hybridized carbons (Fsp3) is 0.385. The molecule has 90 valence electrons. The highest BCUT2D eigenvalue weighted by molar-refractivity contribution is 6.02. The van der Waals surface area contributed by atoms with E-state index >= 15 is 0 Å². The number of nitrogens with one attached hydrogen (secondary N) is 1. The third-order valence-electron chi connectivity index (χ3n) is 2.46. The Hall–Kier alpha value is -1.84. The van der Waals surface area contributed by atoms with Crippen LogP contribution in [0.2, 0.25) is 0 Å². The van der Waals surface area contributed by atoms with Gasteiger partial charge in [-0.05, 0) is 30.5 Å². The molecule has 2 rings (SSSR count). The topological polar surface area (TPSA) is 55.0 Å². The van der Waals surface area contributed by atoms with Gasteiger partial charge in [0.1, 0.15) is 0 Å². The lowest BCUT2D eigenvalue weighted by atomic mass is 10.1. The Kier molecular flexibility index (Phi) is 3.13. The van der Waals surface area contributed by atoms with E-state index in [-0.39, 0.29) is 5.97 Å². The summed E-state index contributed by atoms with van der Waals surface area (Å²) in [7, 11) is 0. The Labute approximate surface area is 100.0 Å². The Bertz CT molecular complexity index is 543. The van der Waals surface area contributed by atoms with Crippen molar-refractivity contribution < 1.29 is 9.53 Å². The van der Waals surface area contributed by atoms with Crippen molar-refractivity contribution in [3.8, 4) is 0 Å². The summed E-state index contributed by atoms with van der Waals surface area (Å²) in [5.41, 5.74) is 2.32. The molecule has 0 amide bonds. The van der Waals surface area contributed by atoms with Crippen molar-refractivity contribution in [1.29, 1.82) is 0 Å². The summed E-state index contributed by atoms with van der Waals surface area (Å²) in [4.78, 5) is 11.9. The smallest absolute Gasteiger partial charge is 0.340 e. The van der Waals surface area contributed by atoms with Gasteiger partial charge >= 0.3 is 5.97 Å². The molecular formula is C13H16N2O2. The summed E-state index contributed by atoms with van der Waals surface area (Å²) in [6.07, 6.45) is 1.71. The molecule has 0 spiro atoms. The number of carbonyl (C=O) groups excluding carboxylic acids is 1. The van der Waals surface area contributed by atoms with E-state index in [1.54, 1.807) is 6.20 Å². The van der Waals surface area contributed by atoms with E-state index in [0.29, 0.717) is 18.1 Å². The van der Waals surface area contributed by atoms with Gasteiger partial charge in [0.05, 0.1) is 23.9 Å². The molecule has 0 bridgehead atoms. The normalized spacial score (nSPS) is 11.1. The number of aromatic amines is 1. The van der Waals surface area contributed by atoms with Gasteiger partial charge in [-0.2, -0.15) is 5.10 Å². The van der Waals surface area contributed by atoms with E-state index in [2.05, 4.69) is 10.2 Å². The molecular weight excluding hydrogens is 216 g/mol. The van der Waals surface area contributed by atoms with Gasteiger partial charge in [0.25, 0.3) is 0 Å². The van der Waals surface area contributed by atoms with Crippen molar-refractivity contribution in [3.05, 3.63) is 29.5 Å². The van der Waals surface area contributed by atoms with Crippen LogP contribution >= 0.6 is 0 Å². The number of nitrogens with zero attached hydrogens (tertiary/aromatic N) is 1. The molecule has 17 heavy (non-hydrogen) atoms. The van der Waals surface area contributed by atoms with E-state index in [0.717, 1.165) is 16.5 Å². The van der Waals surface area contributed by atoms with Crippen molar-refractivity contribution in [3.63, 3.8) is 0 Å². The van der Waals surface area contributed by atoms with Crippen LogP contribution < -0.4 is 0 Å². The average Bonchev–Trinajstić information content (AvgIpc) is 2.72. The van der Waals surface area contributed by atoms with Gasteiger partial charge in [-0.3, -0.25) is 5.10 Å². The van der Waals surface area contributed by atoms with Crippen LogP contribution in [0.25, 0.3) is 10.9 Å². The molecule has 0 saturated carbocycles. The van der Waals surface area contributed by atoms with Crippen molar-refractivity contribution in [2.45, 2.75) is 20.8 Å². The van der Waals surface area contributed by atoms with Gasteiger partial charge in [-0.1, -0.05) is 13.8 Å². The van der Waals surface area contributed by atoms with Crippen LogP contribution in [-0.2, 0) is 4.74 Å². The van der Waals surface area contributed by atoms with Crippen LogP contribution in [0.1, 0.15) is 29.8 Å². The molecule has 4 nitrogen and oxygen atoms in total. The monoisotopic (exact) mass is 232 g/mol. The van der Waals surface area contributed by atoms with Gasteiger partial charge in [-0.25, -0.2) is 4.79 Å². The molecule has 0 saturated heterocycles. The summed E-state index contributed by atoms with van der Waals surface area (Å²) >= 11 is 0. The number of H-pyrrole nitrogens is 1. The molecule has 0 aliphatic carbocycles. The fourth-order valence-corrected chi connectivity index (χ4v) is 1.69. The molecule has 4 heteroatoms. The maximum Gasteiger partial charge on any atom is 0.340 e. The highest BCUT2D eigenvalue weighted by Gasteiger charge is 2.14. The minimum atomic E-state index is -0.295. The molecule has 1 aromatic carbocycles. The molecule has 0 aliphatic heterocycles. The van der Waals surface area contributed by atoms with Crippen molar-refractivity contribution in [2.24, 2.45) is 5.92 Å². The third-order valence-corrected chi connectivity index (χ3v) is 2.46. The molecule has 0 radical (unpaired) electrons. The molecule has 1 aromatic heterocycles. The zero-order valence-electron chi connectivity index (χ0n) is 10.3. The number of benzene rings is 1. The second-order valence-electron chi connectivity index (χ2n) is 4.64. The van der Waals surface area contributed by atoms with Crippen LogP contribution in [0, 0.1) is 12.8 Å². The lowest BCUT2D eigenvalue weighted by Gasteiger charge is -2.08. The fourth-order valence-electron chi connectivity index (χ4n) is 1.69. The average molecular weight is 232 g/mol. The number of aromatic nitrogens is 2. The van der Waals surface area contributed by atoms with Crippen LogP contribution in [0.3, 0.4) is 0 Å². The van der Waals surface area contributed by atoms with Crippen LogP contribution in [0.15, 0.2) is 18.3 Å². The number of esters is 1. The standard InChI is InChI=1S/C13H16N2O2/c1-8(2)7-17-13(16)11-5-9(3)4-10-6-14-15-12(10)11/h4-6,8H,7H2,1-3H3,(H,14,15). The second kappa shape index (κ2) is 4.57. The van der Waals surface area contributed by atoms with Gasteiger partial charge in [0.2, 0.25) is 0 Å². The first kappa shape index (κ1) is 11.6. The Morgan fingerprint density at radius 2 is 2.24 bits per heavy atom. The predicted octanol–water partition coefficient (Wildman–Crippen LogP) is 2.68. The summed E-state index contributed by atoms with van der Waals surface area (Å²) < 4.78 is 5.24. The predicted molar refractivity (Wildman–Crippen MR) is 66.0 cm³/mol. The van der Waals surface area contributed by atoms with E-state index in [4.69, 9.17) is 4.74 Å².